The third-order valence-corrected chi connectivity index (χ3v) is 3.16. The van der Waals surface area contributed by atoms with E-state index in [9.17, 15) is 5.11 Å². The topological polar surface area (TPSA) is 77.0 Å². The number of hydrogen-bond acceptors (Lipinski definition) is 4. The van der Waals surface area contributed by atoms with Gasteiger partial charge in [-0.15, -0.1) is 5.10 Å². The van der Waals surface area contributed by atoms with E-state index in [4.69, 9.17) is 5.73 Å². The van der Waals surface area contributed by atoms with Crippen molar-refractivity contribution >= 4 is 0 Å². The molecule has 5 nitrogen and oxygen atoms in total. The van der Waals surface area contributed by atoms with Crippen molar-refractivity contribution < 1.29 is 5.11 Å². The van der Waals surface area contributed by atoms with Gasteiger partial charge in [0.1, 0.15) is 11.4 Å². The molecular formula is C12H14N4O. The van der Waals surface area contributed by atoms with Crippen LogP contribution >= 0.6 is 0 Å². The average Bonchev–Trinajstić information content (AvgIpc) is 2.72. The molecule has 88 valence electrons. The lowest BCUT2D eigenvalue weighted by molar-refractivity contribution is 0.468. The van der Waals surface area contributed by atoms with Gasteiger partial charge in [0, 0.05) is 12.5 Å². The van der Waals surface area contributed by atoms with Crippen LogP contribution in [0.2, 0.25) is 0 Å². The van der Waals surface area contributed by atoms with Crippen molar-refractivity contribution in [3.05, 3.63) is 35.7 Å². The third-order valence-electron chi connectivity index (χ3n) is 3.16. The Kier molecular flexibility index (Phi) is 2.33. The molecule has 1 heterocycles. The molecular weight excluding hydrogens is 216 g/mol. The van der Waals surface area contributed by atoms with E-state index >= 15 is 0 Å². The van der Waals surface area contributed by atoms with Crippen LogP contribution in [0.15, 0.2) is 24.3 Å². The standard InChI is InChI=1S/C12H14N4O/c13-8-5-6-10-9(7-8)14-15-16(10)11-3-1-2-4-12(11)17/h1-4,8,17H,5-7,13H2. The van der Waals surface area contributed by atoms with Crippen molar-refractivity contribution in [3.8, 4) is 11.4 Å². The minimum atomic E-state index is 0.178. The molecule has 1 aromatic heterocycles. The predicted molar refractivity (Wildman–Crippen MR) is 63.0 cm³/mol. The maximum Gasteiger partial charge on any atom is 0.141 e. The fourth-order valence-corrected chi connectivity index (χ4v) is 2.25. The van der Waals surface area contributed by atoms with Gasteiger partial charge in [-0.1, -0.05) is 17.3 Å². The third kappa shape index (κ3) is 1.68. The largest absolute Gasteiger partial charge is 0.506 e. The Balaban J connectivity index is 2.09. The molecule has 2 aromatic rings. The minimum Gasteiger partial charge on any atom is -0.506 e. The number of aromatic nitrogens is 3. The van der Waals surface area contributed by atoms with Crippen molar-refractivity contribution in [2.24, 2.45) is 5.73 Å². The number of para-hydroxylation sites is 2. The minimum absolute atomic E-state index is 0.178. The Morgan fingerprint density at radius 2 is 2.18 bits per heavy atom. The van der Waals surface area contributed by atoms with Gasteiger partial charge < -0.3 is 10.8 Å². The Hall–Kier alpha value is -1.88. The predicted octanol–water partition coefficient (Wildman–Crippen LogP) is 0.789. The van der Waals surface area contributed by atoms with Gasteiger partial charge in [0.05, 0.1) is 11.4 Å². The first-order valence-corrected chi connectivity index (χ1v) is 5.73. The maximum absolute atomic E-state index is 9.82. The van der Waals surface area contributed by atoms with Crippen LogP contribution in [0.25, 0.3) is 5.69 Å². The van der Waals surface area contributed by atoms with E-state index in [0.717, 1.165) is 30.7 Å². The number of rotatable bonds is 1. The lowest BCUT2D eigenvalue weighted by atomic mass is 9.96. The molecule has 17 heavy (non-hydrogen) atoms. The second-order valence-corrected chi connectivity index (χ2v) is 4.39. The van der Waals surface area contributed by atoms with Gasteiger partial charge in [0.2, 0.25) is 0 Å². The molecule has 1 unspecified atom stereocenters. The fraction of sp³-hybridized carbons (Fsp3) is 0.333. The quantitative estimate of drug-likeness (QED) is 0.759. The van der Waals surface area contributed by atoms with Crippen LogP contribution in [-0.2, 0) is 12.8 Å². The van der Waals surface area contributed by atoms with E-state index in [0.29, 0.717) is 5.69 Å². The fourth-order valence-electron chi connectivity index (χ4n) is 2.25. The molecule has 0 fully saturated rings. The zero-order valence-corrected chi connectivity index (χ0v) is 9.37. The van der Waals surface area contributed by atoms with E-state index < -0.39 is 0 Å². The zero-order valence-electron chi connectivity index (χ0n) is 9.37. The molecule has 1 aliphatic carbocycles. The Bertz CT molecular complexity index is 549. The summed E-state index contributed by atoms with van der Waals surface area (Å²) < 4.78 is 1.72. The lowest BCUT2D eigenvalue weighted by Gasteiger charge is -2.17. The van der Waals surface area contributed by atoms with Crippen molar-refractivity contribution in [3.63, 3.8) is 0 Å². The summed E-state index contributed by atoms with van der Waals surface area (Å²) in [7, 11) is 0. The normalized spacial score (nSPS) is 19.0. The number of hydrogen-bond donors (Lipinski definition) is 2. The van der Waals surface area contributed by atoms with Crippen LogP contribution in [0.3, 0.4) is 0 Å². The highest BCUT2D eigenvalue weighted by Gasteiger charge is 2.22. The number of nitrogens with two attached hydrogens (primary N) is 1. The first kappa shape index (κ1) is 10.3. The van der Waals surface area contributed by atoms with Gasteiger partial charge in [0.15, 0.2) is 0 Å². The number of phenolic OH excluding ortho intramolecular Hbond substituents is 1. The molecule has 0 saturated carbocycles. The summed E-state index contributed by atoms with van der Waals surface area (Å²) in [6, 6.07) is 7.32. The summed E-state index contributed by atoms with van der Waals surface area (Å²) in [4.78, 5) is 0. The summed E-state index contributed by atoms with van der Waals surface area (Å²) in [6.45, 7) is 0. The van der Waals surface area contributed by atoms with Gasteiger partial charge in [0.25, 0.3) is 0 Å². The smallest absolute Gasteiger partial charge is 0.141 e. The molecule has 3 N–H and O–H groups in total. The molecule has 1 atom stereocenters. The molecule has 3 rings (SSSR count). The van der Waals surface area contributed by atoms with E-state index in [1.165, 1.54) is 0 Å². The Morgan fingerprint density at radius 3 is 3.00 bits per heavy atom. The second-order valence-electron chi connectivity index (χ2n) is 4.39. The average molecular weight is 230 g/mol. The molecule has 0 spiro atoms. The van der Waals surface area contributed by atoms with Crippen molar-refractivity contribution in [1.82, 2.24) is 15.0 Å². The monoisotopic (exact) mass is 230 g/mol. The highest BCUT2D eigenvalue weighted by molar-refractivity contribution is 5.46. The SMILES string of the molecule is NC1CCc2c(nnn2-c2ccccc2O)C1. The number of fused-ring (bicyclic) bond motifs is 1. The van der Waals surface area contributed by atoms with Crippen LogP contribution in [0, 0.1) is 0 Å². The van der Waals surface area contributed by atoms with Crippen LogP contribution in [-0.4, -0.2) is 26.1 Å². The highest BCUT2D eigenvalue weighted by Crippen LogP contribution is 2.25. The lowest BCUT2D eigenvalue weighted by Crippen LogP contribution is -2.28. The molecule has 0 aliphatic heterocycles. The van der Waals surface area contributed by atoms with Crippen molar-refractivity contribution in [2.75, 3.05) is 0 Å². The Morgan fingerprint density at radius 1 is 1.35 bits per heavy atom. The summed E-state index contributed by atoms with van der Waals surface area (Å²) in [5.74, 6) is 0.218. The molecule has 5 heteroatoms. The first-order chi connectivity index (χ1) is 8.25. The van der Waals surface area contributed by atoms with Gasteiger partial charge >= 0.3 is 0 Å². The summed E-state index contributed by atoms with van der Waals surface area (Å²) >= 11 is 0. The molecule has 0 radical (unpaired) electrons. The van der Waals surface area contributed by atoms with Crippen molar-refractivity contribution in [1.29, 1.82) is 0 Å². The van der Waals surface area contributed by atoms with Crippen molar-refractivity contribution in [2.45, 2.75) is 25.3 Å². The van der Waals surface area contributed by atoms with Crippen LogP contribution < -0.4 is 5.73 Å². The number of phenols is 1. The molecule has 1 aromatic carbocycles. The summed E-state index contributed by atoms with van der Waals surface area (Å²) in [5.41, 5.74) is 8.59. The molecule has 0 saturated heterocycles. The summed E-state index contributed by atoms with van der Waals surface area (Å²) in [5, 5.41) is 18.1. The molecule has 0 amide bonds. The van der Waals surface area contributed by atoms with Gasteiger partial charge in [-0.3, -0.25) is 0 Å². The van der Waals surface area contributed by atoms with E-state index in [1.807, 2.05) is 12.1 Å². The van der Waals surface area contributed by atoms with Gasteiger partial charge in [-0.05, 0) is 25.0 Å². The molecule has 0 bridgehead atoms. The first-order valence-electron chi connectivity index (χ1n) is 5.73. The number of aromatic hydroxyl groups is 1. The highest BCUT2D eigenvalue weighted by atomic mass is 16.3. The maximum atomic E-state index is 9.82. The Labute approximate surface area is 98.9 Å². The molecule has 1 aliphatic rings. The van der Waals surface area contributed by atoms with E-state index in [1.54, 1.807) is 16.8 Å². The van der Waals surface area contributed by atoms with Crippen LogP contribution in [0.4, 0.5) is 0 Å². The second kappa shape index (κ2) is 3.85. The zero-order chi connectivity index (χ0) is 11.8. The van der Waals surface area contributed by atoms with Gasteiger partial charge in [-0.2, -0.15) is 0 Å². The number of nitrogens with zero attached hydrogens (tertiary/aromatic N) is 3. The van der Waals surface area contributed by atoms with E-state index in [-0.39, 0.29) is 11.8 Å². The van der Waals surface area contributed by atoms with Crippen LogP contribution in [0.1, 0.15) is 17.8 Å². The van der Waals surface area contributed by atoms with E-state index in [2.05, 4.69) is 10.3 Å². The van der Waals surface area contributed by atoms with Gasteiger partial charge in [-0.25, -0.2) is 4.68 Å². The summed E-state index contributed by atoms with van der Waals surface area (Å²) in [6.07, 6.45) is 2.56. The van der Waals surface area contributed by atoms with Crippen LogP contribution in [0.5, 0.6) is 5.75 Å². The number of benzene rings is 1.